The molecule has 3 atom stereocenters. The lowest BCUT2D eigenvalue weighted by Gasteiger charge is -2.54. The maximum Gasteiger partial charge on any atom is 0.191 e. The van der Waals surface area contributed by atoms with E-state index in [1.54, 1.807) is 0 Å². The molecule has 0 spiro atoms. The summed E-state index contributed by atoms with van der Waals surface area (Å²) in [5.41, 5.74) is 0.212. The number of aliphatic imine (C=N–C) groups is 1. The third-order valence-corrected chi connectivity index (χ3v) is 4.23. The average Bonchev–Trinajstić information content (AvgIpc) is 2.79. The van der Waals surface area contributed by atoms with Gasteiger partial charge in [-0.15, -0.1) is 24.0 Å². The van der Waals surface area contributed by atoms with Crippen LogP contribution in [0.15, 0.2) is 4.99 Å². The highest BCUT2D eigenvalue weighted by atomic mass is 127. The summed E-state index contributed by atoms with van der Waals surface area (Å²) in [6.45, 7) is 11.6. The summed E-state index contributed by atoms with van der Waals surface area (Å²) < 4.78 is 5.82. The molecule has 2 fully saturated rings. The molecule has 3 unspecified atom stereocenters. The smallest absolute Gasteiger partial charge is 0.191 e. The third kappa shape index (κ3) is 3.35. The summed E-state index contributed by atoms with van der Waals surface area (Å²) in [5, 5.41) is 6.94. The van der Waals surface area contributed by atoms with Crippen molar-refractivity contribution in [3.05, 3.63) is 0 Å². The van der Waals surface area contributed by atoms with E-state index in [0.717, 1.165) is 32.1 Å². The number of hydrogen-bond acceptors (Lipinski definition) is 2. The molecule has 2 N–H and O–H groups in total. The van der Waals surface area contributed by atoms with Crippen LogP contribution in [0.4, 0.5) is 0 Å². The van der Waals surface area contributed by atoms with Gasteiger partial charge in [-0.1, -0.05) is 20.8 Å². The zero-order chi connectivity index (χ0) is 13.2. The molecule has 0 radical (unpaired) electrons. The van der Waals surface area contributed by atoms with Crippen LogP contribution in [0.3, 0.4) is 0 Å². The second kappa shape index (κ2) is 7.11. The largest absolute Gasteiger partial charge is 0.377 e. The van der Waals surface area contributed by atoms with Crippen LogP contribution >= 0.6 is 24.0 Å². The van der Waals surface area contributed by atoms with E-state index in [1.807, 2.05) is 0 Å². The van der Waals surface area contributed by atoms with Gasteiger partial charge in [0.25, 0.3) is 0 Å². The molecule has 112 valence electrons. The van der Waals surface area contributed by atoms with E-state index in [9.17, 15) is 0 Å². The Kier molecular flexibility index (Phi) is 6.36. The van der Waals surface area contributed by atoms with Crippen molar-refractivity contribution in [3.63, 3.8) is 0 Å². The molecule has 0 aromatic carbocycles. The summed E-state index contributed by atoms with van der Waals surface area (Å²) in [6, 6.07) is 0.486. The van der Waals surface area contributed by atoms with E-state index >= 15 is 0 Å². The van der Waals surface area contributed by atoms with Gasteiger partial charge in [0.15, 0.2) is 5.96 Å². The van der Waals surface area contributed by atoms with Gasteiger partial charge >= 0.3 is 0 Å². The topological polar surface area (TPSA) is 45.7 Å². The predicted octanol–water partition coefficient (Wildman–Crippen LogP) is 2.38. The van der Waals surface area contributed by atoms with Crippen LogP contribution in [0.1, 0.15) is 40.5 Å². The number of nitrogens with zero attached hydrogens (tertiary/aromatic N) is 1. The Morgan fingerprint density at radius 1 is 1.37 bits per heavy atom. The molecule has 1 heterocycles. The first kappa shape index (κ1) is 17.0. The monoisotopic (exact) mass is 381 g/mol. The van der Waals surface area contributed by atoms with Crippen LogP contribution in [-0.2, 0) is 4.74 Å². The molecule has 0 bridgehead atoms. The first-order valence-electron chi connectivity index (χ1n) is 7.27. The van der Waals surface area contributed by atoms with Crippen LogP contribution < -0.4 is 10.6 Å². The second-order valence-electron chi connectivity index (χ2n) is 5.95. The first-order valence-corrected chi connectivity index (χ1v) is 7.27. The van der Waals surface area contributed by atoms with Crippen LogP contribution in [0, 0.1) is 11.3 Å². The van der Waals surface area contributed by atoms with Crippen molar-refractivity contribution in [2.45, 2.75) is 52.7 Å². The van der Waals surface area contributed by atoms with Crippen molar-refractivity contribution in [1.82, 2.24) is 10.6 Å². The van der Waals surface area contributed by atoms with Gasteiger partial charge in [0.05, 0.1) is 6.10 Å². The fourth-order valence-corrected chi connectivity index (χ4v) is 3.31. The van der Waals surface area contributed by atoms with Gasteiger partial charge in [-0.05, 0) is 19.8 Å². The van der Waals surface area contributed by atoms with E-state index in [0.29, 0.717) is 18.1 Å². The number of ether oxygens (including phenoxy) is 1. The van der Waals surface area contributed by atoms with Gasteiger partial charge in [0, 0.05) is 37.1 Å². The average molecular weight is 381 g/mol. The third-order valence-electron chi connectivity index (χ3n) is 4.23. The quantitative estimate of drug-likeness (QED) is 0.447. The molecule has 0 aromatic rings. The zero-order valence-electron chi connectivity index (χ0n) is 12.5. The van der Waals surface area contributed by atoms with Crippen molar-refractivity contribution >= 4 is 29.9 Å². The Bertz CT molecular complexity index is 320. The van der Waals surface area contributed by atoms with Crippen LogP contribution in [0.2, 0.25) is 0 Å². The van der Waals surface area contributed by atoms with Crippen LogP contribution in [0.25, 0.3) is 0 Å². The lowest BCUT2D eigenvalue weighted by molar-refractivity contribution is -0.106. The number of fused-ring (bicyclic) bond motifs is 1. The van der Waals surface area contributed by atoms with E-state index in [4.69, 9.17) is 4.74 Å². The van der Waals surface area contributed by atoms with E-state index in [-0.39, 0.29) is 29.4 Å². The summed E-state index contributed by atoms with van der Waals surface area (Å²) in [5.74, 6) is 1.62. The summed E-state index contributed by atoms with van der Waals surface area (Å²) in [6.07, 6.45) is 2.70. The number of nitrogens with one attached hydrogen (secondary N) is 2. The van der Waals surface area contributed by atoms with Gasteiger partial charge in [-0.2, -0.15) is 0 Å². The molecule has 0 amide bonds. The fourth-order valence-electron chi connectivity index (χ4n) is 3.31. The number of guanidine groups is 1. The molecule has 1 aliphatic heterocycles. The Morgan fingerprint density at radius 3 is 2.74 bits per heavy atom. The van der Waals surface area contributed by atoms with E-state index < -0.39 is 0 Å². The fraction of sp³-hybridized carbons (Fsp3) is 0.929. The van der Waals surface area contributed by atoms with E-state index in [2.05, 4.69) is 43.3 Å². The van der Waals surface area contributed by atoms with Gasteiger partial charge in [-0.3, -0.25) is 4.99 Å². The maximum atomic E-state index is 5.82. The molecule has 2 rings (SSSR count). The van der Waals surface area contributed by atoms with Crippen LogP contribution in [0.5, 0.6) is 0 Å². The Morgan fingerprint density at radius 2 is 2.11 bits per heavy atom. The molecule has 1 aliphatic carbocycles. The first-order chi connectivity index (χ1) is 8.61. The summed E-state index contributed by atoms with van der Waals surface area (Å²) in [7, 11) is 0. The minimum Gasteiger partial charge on any atom is -0.377 e. The predicted molar refractivity (Wildman–Crippen MR) is 90.2 cm³/mol. The lowest BCUT2D eigenvalue weighted by atomic mass is 9.57. The van der Waals surface area contributed by atoms with Crippen molar-refractivity contribution in [3.8, 4) is 0 Å². The maximum absolute atomic E-state index is 5.82. The Balaban J connectivity index is 0.00000180. The lowest BCUT2D eigenvalue weighted by Crippen LogP contribution is -2.67. The molecule has 1 saturated carbocycles. The highest BCUT2D eigenvalue weighted by Gasteiger charge is 2.59. The number of halogens is 1. The molecular formula is C14H28IN3O. The minimum atomic E-state index is 0. The minimum absolute atomic E-state index is 0. The zero-order valence-corrected chi connectivity index (χ0v) is 14.9. The number of hydrogen-bond donors (Lipinski definition) is 2. The van der Waals surface area contributed by atoms with Gasteiger partial charge in [-0.25, -0.2) is 0 Å². The number of rotatable bonds is 4. The molecule has 5 heteroatoms. The van der Waals surface area contributed by atoms with Crippen molar-refractivity contribution < 1.29 is 4.74 Å². The molecule has 2 aliphatic rings. The van der Waals surface area contributed by atoms with Gasteiger partial charge < -0.3 is 15.4 Å². The second-order valence-corrected chi connectivity index (χ2v) is 5.95. The standard InChI is InChI=1S/C14H27N3O.HI/c1-5-8-16-13(15-6-2)17-11-10-7-9-18-12(10)14(11,3)4;/h10-12H,5-9H2,1-4H3,(H2,15,16,17);1H. The molecule has 19 heavy (non-hydrogen) atoms. The molecular weight excluding hydrogens is 353 g/mol. The van der Waals surface area contributed by atoms with Gasteiger partial charge in [0.1, 0.15) is 0 Å². The molecule has 1 saturated heterocycles. The highest BCUT2D eigenvalue weighted by molar-refractivity contribution is 14.0. The van der Waals surface area contributed by atoms with Crippen molar-refractivity contribution in [2.75, 3.05) is 19.7 Å². The van der Waals surface area contributed by atoms with E-state index in [1.165, 1.54) is 6.42 Å². The SMILES string of the molecule is CCCN=C(NCC)NC1C2CCOC2C1(C)C.I. The normalized spacial score (nSPS) is 32.0. The molecule has 4 nitrogen and oxygen atoms in total. The van der Waals surface area contributed by atoms with Crippen molar-refractivity contribution in [2.24, 2.45) is 16.3 Å². The van der Waals surface area contributed by atoms with Crippen LogP contribution in [-0.4, -0.2) is 37.8 Å². The van der Waals surface area contributed by atoms with Gasteiger partial charge in [0.2, 0.25) is 0 Å². The summed E-state index contributed by atoms with van der Waals surface area (Å²) in [4.78, 5) is 4.59. The Hall–Kier alpha value is -0.0400. The summed E-state index contributed by atoms with van der Waals surface area (Å²) >= 11 is 0. The highest BCUT2D eigenvalue weighted by Crippen LogP contribution is 2.51. The molecule has 0 aromatic heterocycles. The Labute approximate surface area is 134 Å². The van der Waals surface area contributed by atoms with Crippen molar-refractivity contribution in [1.29, 1.82) is 0 Å².